The first kappa shape index (κ1) is 41.7. The Morgan fingerprint density at radius 1 is 1.09 bits per heavy atom. The summed E-state index contributed by atoms with van der Waals surface area (Å²) in [5, 5.41) is 2.63. The first-order valence-corrected chi connectivity index (χ1v) is 17.4. The van der Waals surface area contributed by atoms with Crippen molar-refractivity contribution >= 4 is 17.8 Å². The zero-order valence-electron chi connectivity index (χ0n) is 30.4. The molecule has 1 fully saturated rings. The maximum Gasteiger partial charge on any atom is 2.00 e. The first-order chi connectivity index (χ1) is 24.6. The van der Waals surface area contributed by atoms with Crippen LogP contribution in [-0.2, 0) is 17.7 Å². The van der Waals surface area contributed by atoms with Gasteiger partial charge in [-0.15, -0.1) is 17.7 Å². The number of amides is 1. The molecule has 13 heteroatoms. The molecule has 3 aromatic rings. The second-order valence-electron chi connectivity index (χ2n) is 13.2. The van der Waals surface area contributed by atoms with E-state index in [0.717, 1.165) is 41.9 Å². The zero-order chi connectivity index (χ0) is 35.9. The molecular formula is C40H45F2N5O5U. The van der Waals surface area contributed by atoms with Gasteiger partial charge in [0.1, 0.15) is 17.1 Å². The number of nitrogens with one attached hydrogen (secondary N) is 1. The molecule has 1 atom stereocenters. The number of allylic oxidation sites excluding steroid dienone is 6. The molecule has 2 aromatic carbocycles. The van der Waals surface area contributed by atoms with Crippen molar-refractivity contribution in [1.29, 1.82) is 0 Å². The van der Waals surface area contributed by atoms with Crippen LogP contribution in [0.5, 0.6) is 5.75 Å². The number of likely N-dealkylation sites (tertiary alicyclic amines) is 1. The Morgan fingerprint density at radius 3 is 2.57 bits per heavy atom. The second-order valence-corrected chi connectivity index (χ2v) is 13.2. The number of alkyl halides is 1. The molecule has 6 rings (SSSR count). The van der Waals surface area contributed by atoms with Crippen molar-refractivity contribution in [3.05, 3.63) is 135 Å². The van der Waals surface area contributed by atoms with Gasteiger partial charge < -0.3 is 27.1 Å². The summed E-state index contributed by atoms with van der Waals surface area (Å²) >= 11 is 0. The largest absolute Gasteiger partial charge is 2.00 e. The second kappa shape index (κ2) is 19.3. The fourth-order valence-corrected chi connectivity index (χ4v) is 6.27. The number of carbonyl (C=O) groups excluding carboxylic acids is 1. The summed E-state index contributed by atoms with van der Waals surface area (Å²) in [6.45, 7) is 7.29. The first-order valence-electron chi connectivity index (χ1n) is 17.4. The molecule has 3 aliphatic rings. The van der Waals surface area contributed by atoms with Crippen LogP contribution in [-0.4, -0.2) is 58.6 Å². The van der Waals surface area contributed by atoms with Crippen LogP contribution in [0.3, 0.4) is 0 Å². The van der Waals surface area contributed by atoms with E-state index in [1.54, 1.807) is 26.1 Å². The Labute approximate surface area is 332 Å². The van der Waals surface area contributed by atoms with Gasteiger partial charge in [-0.3, -0.25) is 23.7 Å². The van der Waals surface area contributed by atoms with E-state index in [0.29, 0.717) is 30.1 Å². The quantitative estimate of drug-likeness (QED) is 0.167. The minimum atomic E-state index is -1.57. The Bertz CT molecular complexity index is 2000. The van der Waals surface area contributed by atoms with Crippen molar-refractivity contribution in [3.63, 3.8) is 0 Å². The molecule has 3 heterocycles. The third-order valence-corrected chi connectivity index (χ3v) is 9.08. The zero-order valence-corrected chi connectivity index (χ0v) is 34.5. The van der Waals surface area contributed by atoms with Gasteiger partial charge in [-0.25, -0.2) is 13.6 Å². The van der Waals surface area contributed by atoms with E-state index in [1.165, 1.54) is 66.4 Å². The van der Waals surface area contributed by atoms with E-state index < -0.39 is 29.1 Å². The van der Waals surface area contributed by atoms with E-state index in [-0.39, 0.29) is 74.6 Å². The number of aromatic nitrogens is 2. The normalized spacial score (nSPS) is 16.9. The minimum Gasteiger partial charge on any atom is -0.519 e. The number of hydrogen-bond donors (Lipinski definition) is 1. The van der Waals surface area contributed by atoms with Crippen molar-refractivity contribution in [1.82, 2.24) is 19.4 Å². The number of nitrogens with zero attached hydrogens (tertiary/aromatic N) is 4. The van der Waals surface area contributed by atoms with E-state index in [4.69, 9.17) is 9.47 Å². The number of piperidine rings is 1. The number of halogens is 2. The molecule has 1 N–H and O–H groups in total. The summed E-state index contributed by atoms with van der Waals surface area (Å²) in [6.07, 6.45) is 10.9. The molecule has 53 heavy (non-hydrogen) atoms. The average molecular weight is 952 g/mol. The van der Waals surface area contributed by atoms with E-state index in [9.17, 15) is 18.8 Å². The summed E-state index contributed by atoms with van der Waals surface area (Å²) < 4.78 is 43.0. The molecule has 1 saturated heterocycles. The van der Waals surface area contributed by atoms with Crippen LogP contribution in [0.2, 0.25) is 0 Å². The Morgan fingerprint density at radius 2 is 1.85 bits per heavy atom. The van der Waals surface area contributed by atoms with Gasteiger partial charge in [0.15, 0.2) is 6.17 Å². The summed E-state index contributed by atoms with van der Waals surface area (Å²) in [7, 11) is 0. The third kappa shape index (κ3) is 10.8. The van der Waals surface area contributed by atoms with E-state index in [2.05, 4.69) is 21.3 Å². The molecule has 1 aromatic heterocycles. The summed E-state index contributed by atoms with van der Waals surface area (Å²) in [4.78, 5) is 46.8. The molecule has 1 amide bonds. The van der Waals surface area contributed by atoms with Gasteiger partial charge in [-0.2, -0.15) is 6.07 Å². The van der Waals surface area contributed by atoms with Crippen LogP contribution >= 0.6 is 0 Å². The standard InChI is InChI=1S/C39H42F2N5O5.CH3.U/c1-26(2)45-25-33(38(48)46(39(45)49)24-27-7-10-29(40)11-8-27)37(47)43-30-12-14-36(34(41)22-30)51-32-15-16-42-35-23-31(13-9-28(35)21-32)50-20-6-19-44-17-4-3-5-18-44;;/h7-12,14-16,23,25-26,34H,3-6,17-22,24H2,1-2H3,(H,43,47);1H3;/q2*-1;+2. The molecule has 1 unspecified atom stereocenters. The molecule has 278 valence electrons. The fourth-order valence-electron chi connectivity index (χ4n) is 6.27. The predicted molar refractivity (Wildman–Crippen MR) is 197 cm³/mol. The van der Waals surface area contributed by atoms with Gasteiger partial charge in [0, 0.05) is 42.9 Å². The van der Waals surface area contributed by atoms with Gasteiger partial charge in [0.2, 0.25) is 0 Å². The molecule has 0 radical (unpaired) electrons. The number of ether oxygens (including phenoxy) is 2. The van der Waals surface area contributed by atoms with Crippen molar-refractivity contribution in [2.45, 2.75) is 71.1 Å². The van der Waals surface area contributed by atoms with Crippen LogP contribution in [0.25, 0.3) is 0 Å². The van der Waals surface area contributed by atoms with Crippen LogP contribution in [0.4, 0.5) is 14.5 Å². The smallest absolute Gasteiger partial charge is 0.519 e. The fraction of sp³-hybridized carbons (Fsp3) is 0.375. The monoisotopic (exact) mass is 951 g/mol. The Kier molecular flexibility index (Phi) is 15.2. The van der Waals surface area contributed by atoms with Crippen LogP contribution in [0, 0.1) is 50.4 Å². The van der Waals surface area contributed by atoms with Crippen LogP contribution < -0.4 is 21.3 Å². The Balaban J connectivity index is 0.00000314. The number of benzene rings is 2. The Hall–Kier alpha value is -4.05. The number of hydrogen-bond acceptors (Lipinski definition) is 7. The molecular weight excluding hydrogens is 906 g/mol. The van der Waals surface area contributed by atoms with Gasteiger partial charge in [-0.1, -0.05) is 18.6 Å². The molecule has 2 aliphatic heterocycles. The topological polar surface area (TPSA) is 107 Å². The van der Waals surface area contributed by atoms with Crippen molar-refractivity contribution in [3.8, 4) is 5.75 Å². The van der Waals surface area contributed by atoms with Crippen molar-refractivity contribution in [2.75, 3.05) is 26.2 Å². The number of aliphatic imine (C=N–C) groups is 1. The minimum absolute atomic E-state index is 0. The van der Waals surface area contributed by atoms with Gasteiger partial charge >= 0.3 is 36.8 Å². The maximum absolute atomic E-state index is 15.4. The van der Waals surface area contributed by atoms with Gasteiger partial charge in [-0.05, 0) is 94.2 Å². The third-order valence-electron chi connectivity index (χ3n) is 9.08. The summed E-state index contributed by atoms with van der Waals surface area (Å²) in [6, 6.07) is 11.9. The van der Waals surface area contributed by atoms with Crippen molar-refractivity contribution < 1.29 is 54.2 Å². The average Bonchev–Trinajstić information content (AvgIpc) is 3.32. The molecule has 0 bridgehead atoms. The summed E-state index contributed by atoms with van der Waals surface area (Å²) in [5.41, 5.74) is 0.655. The molecule has 10 nitrogen and oxygen atoms in total. The van der Waals surface area contributed by atoms with Gasteiger partial charge in [0.05, 0.1) is 18.9 Å². The molecule has 0 spiro atoms. The van der Waals surface area contributed by atoms with Gasteiger partial charge in [0.25, 0.3) is 11.5 Å². The van der Waals surface area contributed by atoms with E-state index in [1.807, 2.05) is 12.1 Å². The van der Waals surface area contributed by atoms with Crippen molar-refractivity contribution in [2.24, 2.45) is 4.99 Å². The van der Waals surface area contributed by atoms with Crippen LogP contribution in [0.15, 0.2) is 92.6 Å². The number of rotatable bonds is 12. The van der Waals surface area contributed by atoms with Crippen LogP contribution in [0.1, 0.15) is 73.5 Å². The summed E-state index contributed by atoms with van der Waals surface area (Å²) in [5.74, 6) is -0.0377. The van der Waals surface area contributed by atoms with E-state index >= 15 is 4.39 Å². The maximum atomic E-state index is 15.4. The SMILES string of the molecule is CC(C)n1cc(C(=O)NC2=CC=C(OC3=CC=Nc4cc(OCCCN5CCCCC5)[c-]cc4C3)C(F)C2)c(=O)n(Cc2ccc(F)cc2)c1=O.[CH3-].[U+2]. The molecule has 0 saturated carbocycles. The number of fused-ring (bicyclic) bond motifs is 1. The number of carbonyl (C=O) groups is 1. The predicted octanol–water partition coefficient (Wildman–Crippen LogP) is 6.38. The molecule has 1 aliphatic carbocycles.